The van der Waals surface area contributed by atoms with Gasteiger partial charge in [-0.2, -0.15) is 0 Å². The summed E-state index contributed by atoms with van der Waals surface area (Å²) in [6.45, 7) is 1.65. The maximum absolute atomic E-state index is 6.28. The fourth-order valence-electron chi connectivity index (χ4n) is 3.49. The lowest BCUT2D eigenvalue weighted by Gasteiger charge is -2.25. The van der Waals surface area contributed by atoms with Crippen LogP contribution >= 0.6 is 24.0 Å². The van der Waals surface area contributed by atoms with Crippen LogP contribution < -0.4 is 20.5 Å². The van der Waals surface area contributed by atoms with Crippen molar-refractivity contribution in [3.05, 3.63) is 54.1 Å². The summed E-state index contributed by atoms with van der Waals surface area (Å²) in [4.78, 5) is 4.81. The molecule has 2 aromatic carbocycles. The van der Waals surface area contributed by atoms with Crippen LogP contribution in [-0.4, -0.2) is 33.4 Å². The van der Waals surface area contributed by atoms with E-state index in [1.807, 2.05) is 36.4 Å². The largest absolute Gasteiger partial charge is 0.497 e. The Bertz CT molecular complexity index is 780. The van der Waals surface area contributed by atoms with E-state index >= 15 is 0 Å². The maximum atomic E-state index is 6.28. The van der Waals surface area contributed by atoms with E-state index < -0.39 is 0 Å². The van der Waals surface area contributed by atoms with Crippen molar-refractivity contribution in [1.82, 2.24) is 0 Å². The van der Waals surface area contributed by atoms with Crippen LogP contribution in [0.5, 0.6) is 11.5 Å². The number of benzene rings is 2. The van der Waals surface area contributed by atoms with Crippen molar-refractivity contribution in [1.29, 1.82) is 0 Å². The molecule has 0 radical (unpaired) electrons. The molecule has 0 spiro atoms. The van der Waals surface area contributed by atoms with Gasteiger partial charge in [0.05, 0.1) is 25.9 Å². The zero-order valence-corrected chi connectivity index (χ0v) is 19.3. The van der Waals surface area contributed by atoms with Crippen LogP contribution in [0.15, 0.2) is 53.5 Å². The molecule has 2 aromatic rings. The van der Waals surface area contributed by atoms with E-state index in [2.05, 4.69) is 17.4 Å². The lowest BCUT2D eigenvalue weighted by atomic mass is 9.90. The van der Waals surface area contributed by atoms with Gasteiger partial charge in [-0.1, -0.05) is 30.3 Å². The molecular formula is C22H30IN3O3. The Morgan fingerprint density at radius 3 is 2.52 bits per heavy atom. The van der Waals surface area contributed by atoms with Gasteiger partial charge in [-0.25, -0.2) is 4.99 Å². The molecule has 1 unspecified atom stereocenters. The molecule has 1 saturated heterocycles. The second kappa shape index (κ2) is 11.9. The predicted octanol–water partition coefficient (Wildman–Crippen LogP) is 4.61. The number of anilines is 1. The summed E-state index contributed by atoms with van der Waals surface area (Å²) in [6.07, 6.45) is 3.08. The highest BCUT2D eigenvalue weighted by Crippen LogP contribution is 2.32. The molecule has 3 N–H and O–H groups in total. The molecule has 7 heteroatoms. The summed E-state index contributed by atoms with van der Waals surface area (Å²) in [7, 11) is 3.25. The monoisotopic (exact) mass is 511 g/mol. The normalized spacial score (nSPS) is 15.9. The Balaban J connectivity index is 0.00000300. The number of methoxy groups -OCH3 is 2. The molecule has 1 fully saturated rings. The number of nitrogens with one attached hydrogen (secondary N) is 1. The Hall–Kier alpha value is -2.00. The van der Waals surface area contributed by atoms with E-state index in [1.54, 1.807) is 14.2 Å². The quantitative estimate of drug-likeness (QED) is 0.323. The maximum Gasteiger partial charge on any atom is 0.193 e. The third-order valence-corrected chi connectivity index (χ3v) is 5.05. The molecule has 0 saturated carbocycles. The summed E-state index contributed by atoms with van der Waals surface area (Å²) >= 11 is 0. The molecule has 0 amide bonds. The number of hydrogen-bond donors (Lipinski definition) is 2. The van der Waals surface area contributed by atoms with Gasteiger partial charge in [0.2, 0.25) is 0 Å². The van der Waals surface area contributed by atoms with Gasteiger partial charge < -0.3 is 25.3 Å². The fourth-order valence-corrected chi connectivity index (χ4v) is 3.49. The van der Waals surface area contributed by atoms with Gasteiger partial charge in [0.15, 0.2) is 5.96 Å². The van der Waals surface area contributed by atoms with Gasteiger partial charge in [0.1, 0.15) is 11.5 Å². The van der Waals surface area contributed by atoms with Crippen LogP contribution in [0.2, 0.25) is 0 Å². The third-order valence-electron chi connectivity index (χ3n) is 5.05. The first kappa shape index (κ1) is 23.3. The lowest BCUT2D eigenvalue weighted by Crippen LogP contribution is -2.25. The van der Waals surface area contributed by atoms with Gasteiger partial charge >= 0.3 is 0 Å². The van der Waals surface area contributed by atoms with Crippen molar-refractivity contribution in [3.8, 4) is 11.5 Å². The highest BCUT2D eigenvalue weighted by molar-refractivity contribution is 14.0. The smallest absolute Gasteiger partial charge is 0.193 e. The van der Waals surface area contributed by atoms with Crippen LogP contribution in [0.1, 0.15) is 30.9 Å². The van der Waals surface area contributed by atoms with E-state index in [0.29, 0.717) is 17.6 Å². The average molecular weight is 511 g/mol. The van der Waals surface area contributed by atoms with Crippen molar-refractivity contribution in [2.45, 2.75) is 25.3 Å². The van der Waals surface area contributed by atoms with Crippen molar-refractivity contribution in [3.63, 3.8) is 0 Å². The third kappa shape index (κ3) is 6.78. The van der Waals surface area contributed by atoms with Crippen LogP contribution in [0.25, 0.3) is 0 Å². The molecular weight excluding hydrogens is 481 g/mol. The minimum Gasteiger partial charge on any atom is -0.497 e. The summed E-state index contributed by atoms with van der Waals surface area (Å²) in [6, 6.07) is 15.8. The number of hydrogen-bond acceptors (Lipinski definition) is 4. The molecule has 1 aliphatic rings. The molecule has 29 heavy (non-hydrogen) atoms. The highest BCUT2D eigenvalue weighted by atomic mass is 127. The highest BCUT2D eigenvalue weighted by Gasteiger charge is 2.20. The van der Waals surface area contributed by atoms with Crippen LogP contribution in [-0.2, 0) is 4.74 Å². The van der Waals surface area contributed by atoms with Crippen molar-refractivity contribution in [2.75, 3.05) is 32.8 Å². The Morgan fingerprint density at radius 1 is 1.14 bits per heavy atom. The molecule has 1 heterocycles. The zero-order valence-electron chi connectivity index (χ0n) is 17.0. The Labute approximate surface area is 189 Å². The SMILES string of the molecule is COc1ccc(OC)c(NC(N)=NC(CC2CCOCC2)c2ccccc2)c1.I. The molecule has 158 valence electrons. The molecule has 6 nitrogen and oxygen atoms in total. The van der Waals surface area contributed by atoms with Crippen LogP contribution in [0.3, 0.4) is 0 Å². The number of ether oxygens (including phenoxy) is 3. The van der Waals surface area contributed by atoms with E-state index in [9.17, 15) is 0 Å². The van der Waals surface area contributed by atoms with Gasteiger partial charge in [-0.3, -0.25) is 0 Å². The van der Waals surface area contributed by atoms with E-state index in [1.165, 1.54) is 0 Å². The number of nitrogens with zero attached hydrogens (tertiary/aromatic N) is 1. The van der Waals surface area contributed by atoms with E-state index in [0.717, 1.165) is 49.5 Å². The standard InChI is InChI=1S/C22H29N3O3.HI/c1-26-18-8-9-21(27-2)20(15-18)25-22(23)24-19(17-6-4-3-5-7-17)14-16-10-12-28-13-11-16;/h3-9,15-16,19H,10-14H2,1-2H3,(H3,23,24,25);1H. The number of nitrogens with two attached hydrogens (primary N) is 1. The van der Waals surface area contributed by atoms with Crippen molar-refractivity contribution in [2.24, 2.45) is 16.6 Å². The molecule has 0 aromatic heterocycles. The first-order valence-corrected chi connectivity index (χ1v) is 9.64. The first-order chi connectivity index (χ1) is 13.7. The zero-order chi connectivity index (χ0) is 19.8. The van der Waals surface area contributed by atoms with E-state index in [4.69, 9.17) is 24.9 Å². The van der Waals surface area contributed by atoms with Crippen LogP contribution in [0, 0.1) is 5.92 Å². The molecule has 1 aliphatic heterocycles. The number of guanidine groups is 1. The lowest BCUT2D eigenvalue weighted by molar-refractivity contribution is 0.0619. The summed E-state index contributed by atoms with van der Waals surface area (Å²) in [5.74, 6) is 2.34. The summed E-state index contributed by atoms with van der Waals surface area (Å²) in [5.41, 5.74) is 8.17. The van der Waals surface area contributed by atoms with Gasteiger partial charge in [0, 0.05) is 19.3 Å². The minimum absolute atomic E-state index is 0. The van der Waals surface area contributed by atoms with Gasteiger partial charge in [-0.15, -0.1) is 24.0 Å². The number of rotatable bonds is 7. The minimum atomic E-state index is -0.00611. The predicted molar refractivity (Wildman–Crippen MR) is 128 cm³/mol. The topological polar surface area (TPSA) is 78.1 Å². The second-order valence-electron chi connectivity index (χ2n) is 6.92. The number of halogens is 1. The van der Waals surface area contributed by atoms with Crippen molar-refractivity contribution < 1.29 is 14.2 Å². The molecule has 0 aliphatic carbocycles. The molecule has 1 atom stereocenters. The van der Waals surface area contributed by atoms with E-state index in [-0.39, 0.29) is 30.0 Å². The average Bonchev–Trinajstić information content (AvgIpc) is 2.74. The molecule has 3 rings (SSSR count). The first-order valence-electron chi connectivity index (χ1n) is 9.64. The number of aliphatic imine (C=N–C) groups is 1. The Kier molecular flexibility index (Phi) is 9.53. The second-order valence-corrected chi connectivity index (χ2v) is 6.92. The van der Waals surface area contributed by atoms with Gasteiger partial charge in [0.25, 0.3) is 0 Å². The van der Waals surface area contributed by atoms with Gasteiger partial charge in [-0.05, 0) is 42.9 Å². The summed E-state index contributed by atoms with van der Waals surface area (Å²) in [5, 5.41) is 3.17. The fraction of sp³-hybridized carbons (Fsp3) is 0.409. The molecule has 0 bridgehead atoms. The van der Waals surface area contributed by atoms with Crippen LogP contribution in [0.4, 0.5) is 5.69 Å². The van der Waals surface area contributed by atoms with Crippen molar-refractivity contribution >= 4 is 35.6 Å². The summed E-state index contributed by atoms with van der Waals surface area (Å²) < 4.78 is 16.2. The Morgan fingerprint density at radius 2 is 1.86 bits per heavy atom.